The number of amides is 1. The van der Waals surface area contributed by atoms with Crippen molar-refractivity contribution < 1.29 is 4.79 Å². The first kappa shape index (κ1) is 13.2. The Morgan fingerprint density at radius 1 is 1.43 bits per heavy atom. The van der Waals surface area contributed by atoms with Crippen LogP contribution in [0.2, 0.25) is 0 Å². The molecule has 1 N–H and O–H groups in total. The maximum absolute atomic E-state index is 12.5. The van der Waals surface area contributed by atoms with Crippen molar-refractivity contribution in [1.82, 2.24) is 34.7 Å². The fraction of sp³-hybridized carbons (Fsp3) is 0.308. The van der Waals surface area contributed by atoms with Crippen molar-refractivity contribution in [3.63, 3.8) is 0 Å². The number of aromatic nitrogens is 6. The van der Waals surface area contributed by atoms with E-state index in [1.807, 2.05) is 19.9 Å². The number of H-pyrrole nitrogens is 1. The second kappa shape index (κ2) is 4.97. The quantitative estimate of drug-likeness (QED) is 0.766. The molecule has 0 radical (unpaired) electrons. The lowest BCUT2D eigenvalue weighted by atomic mass is 10.2. The molecule has 8 nitrogen and oxygen atoms in total. The molecule has 0 unspecified atom stereocenters. The second-order valence-corrected chi connectivity index (χ2v) is 4.93. The number of carbonyl (C=O) groups is 1. The summed E-state index contributed by atoms with van der Waals surface area (Å²) < 4.78 is 1.67. The largest absolute Gasteiger partial charge is 0.334 e. The number of hydrogen-bond donors (Lipinski definition) is 1. The zero-order valence-electron chi connectivity index (χ0n) is 12.0. The van der Waals surface area contributed by atoms with E-state index in [4.69, 9.17) is 0 Å². The standard InChI is InChI=1S/C13H15N7O/c1-8-4-9(2)20-12(17-8)10(5-16-20)13(21)19(3)6-11-14-7-15-18-11/h4-5,7H,6H2,1-3H3,(H,14,15,18). The minimum absolute atomic E-state index is 0.154. The molecule has 0 atom stereocenters. The van der Waals surface area contributed by atoms with Gasteiger partial charge in [-0.2, -0.15) is 10.2 Å². The Bertz CT molecular complexity index is 790. The molecule has 0 aliphatic carbocycles. The fourth-order valence-electron chi connectivity index (χ4n) is 2.23. The van der Waals surface area contributed by atoms with Gasteiger partial charge in [-0.15, -0.1) is 0 Å². The van der Waals surface area contributed by atoms with Crippen LogP contribution in [0.3, 0.4) is 0 Å². The molecule has 3 rings (SSSR count). The van der Waals surface area contributed by atoms with E-state index in [0.29, 0.717) is 23.6 Å². The van der Waals surface area contributed by atoms with E-state index in [-0.39, 0.29) is 5.91 Å². The van der Waals surface area contributed by atoms with Gasteiger partial charge in [0.15, 0.2) is 5.65 Å². The summed E-state index contributed by atoms with van der Waals surface area (Å²) in [7, 11) is 1.71. The Balaban J connectivity index is 1.94. The van der Waals surface area contributed by atoms with Gasteiger partial charge in [0.1, 0.15) is 17.7 Å². The Morgan fingerprint density at radius 2 is 2.24 bits per heavy atom. The average Bonchev–Trinajstić information content (AvgIpc) is 3.07. The first-order valence-corrected chi connectivity index (χ1v) is 6.48. The summed E-state index contributed by atoms with van der Waals surface area (Å²) in [4.78, 5) is 22.5. The number of aromatic amines is 1. The van der Waals surface area contributed by atoms with Gasteiger partial charge in [0, 0.05) is 18.4 Å². The summed E-state index contributed by atoms with van der Waals surface area (Å²) in [6.07, 6.45) is 2.96. The molecule has 3 aromatic rings. The number of nitrogens with one attached hydrogen (secondary N) is 1. The van der Waals surface area contributed by atoms with Crippen LogP contribution in [-0.2, 0) is 6.54 Å². The first-order valence-electron chi connectivity index (χ1n) is 6.48. The first-order chi connectivity index (χ1) is 10.1. The van der Waals surface area contributed by atoms with Gasteiger partial charge in [0.25, 0.3) is 5.91 Å². The van der Waals surface area contributed by atoms with Gasteiger partial charge >= 0.3 is 0 Å². The predicted molar refractivity (Wildman–Crippen MR) is 74.6 cm³/mol. The Hall–Kier alpha value is -2.77. The highest BCUT2D eigenvalue weighted by Crippen LogP contribution is 2.14. The van der Waals surface area contributed by atoms with E-state index >= 15 is 0 Å². The van der Waals surface area contributed by atoms with Crippen LogP contribution in [0.5, 0.6) is 0 Å². The van der Waals surface area contributed by atoms with Gasteiger partial charge in [-0.1, -0.05) is 0 Å². The molecule has 0 saturated carbocycles. The van der Waals surface area contributed by atoms with Crippen LogP contribution in [0.4, 0.5) is 0 Å². The summed E-state index contributed by atoms with van der Waals surface area (Å²) in [6.45, 7) is 4.18. The Kier molecular flexibility index (Phi) is 3.13. The van der Waals surface area contributed by atoms with Gasteiger partial charge < -0.3 is 4.90 Å². The lowest BCUT2D eigenvalue weighted by Crippen LogP contribution is -2.26. The van der Waals surface area contributed by atoms with Crippen molar-refractivity contribution in [2.75, 3.05) is 7.05 Å². The normalized spacial score (nSPS) is 11.0. The van der Waals surface area contributed by atoms with E-state index in [0.717, 1.165) is 11.4 Å². The molecule has 0 fully saturated rings. The lowest BCUT2D eigenvalue weighted by molar-refractivity contribution is 0.0783. The van der Waals surface area contributed by atoms with Crippen LogP contribution in [0.25, 0.3) is 5.65 Å². The molecule has 0 aliphatic heterocycles. The summed E-state index contributed by atoms with van der Waals surface area (Å²) in [5, 5.41) is 10.7. The van der Waals surface area contributed by atoms with Crippen molar-refractivity contribution in [3.8, 4) is 0 Å². The molecule has 0 aromatic carbocycles. The summed E-state index contributed by atoms with van der Waals surface area (Å²) >= 11 is 0. The molecule has 0 saturated heterocycles. The molecular formula is C13H15N7O. The molecule has 21 heavy (non-hydrogen) atoms. The fourth-order valence-corrected chi connectivity index (χ4v) is 2.23. The number of nitrogens with zero attached hydrogens (tertiary/aromatic N) is 6. The molecule has 1 amide bonds. The molecule has 0 aliphatic rings. The van der Waals surface area contributed by atoms with Crippen molar-refractivity contribution in [2.45, 2.75) is 20.4 Å². The van der Waals surface area contributed by atoms with E-state index in [1.165, 1.54) is 6.33 Å². The maximum atomic E-state index is 12.5. The van der Waals surface area contributed by atoms with Gasteiger partial charge in [-0.25, -0.2) is 14.5 Å². The second-order valence-electron chi connectivity index (χ2n) is 4.93. The summed E-state index contributed by atoms with van der Waals surface area (Å²) in [5.41, 5.74) is 2.84. The van der Waals surface area contributed by atoms with Crippen LogP contribution in [0.1, 0.15) is 27.6 Å². The van der Waals surface area contributed by atoms with Gasteiger partial charge in [-0.3, -0.25) is 9.89 Å². The van der Waals surface area contributed by atoms with Crippen LogP contribution in [0, 0.1) is 13.8 Å². The van der Waals surface area contributed by atoms with E-state index in [9.17, 15) is 4.79 Å². The van der Waals surface area contributed by atoms with Crippen molar-refractivity contribution in [3.05, 3.63) is 41.4 Å². The molecule has 3 heterocycles. The maximum Gasteiger partial charge on any atom is 0.259 e. The van der Waals surface area contributed by atoms with Gasteiger partial charge in [0.05, 0.1) is 12.7 Å². The highest BCUT2D eigenvalue weighted by atomic mass is 16.2. The van der Waals surface area contributed by atoms with Crippen molar-refractivity contribution in [1.29, 1.82) is 0 Å². The minimum Gasteiger partial charge on any atom is -0.334 e. The van der Waals surface area contributed by atoms with E-state index < -0.39 is 0 Å². The summed E-state index contributed by atoms with van der Waals surface area (Å²) in [6, 6.07) is 1.92. The highest BCUT2D eigenvalue weighted by molar-refractivity contribution is 5.99. The SMILES string of the molecule is Cc1cc(C)n2ncc(C(=O)N(C)Cc3ncn[nH]3)c2n1. The average molecular weight is 285 g/mol. The third kappa shape index (κ3) is 2.35. The van der Waals surface area contributed by atoms with Crippen LogP contribution in [0.15, 0.2) is 18.6 Å². The summed E-state index contributed by atoms with van der Waals surface area (Å²) in [5.74, 6) is 0.474. The van der Waals surface area contributed by atoms with Crippen LogP contribution < -0.4 is 0 Å². The van der Waals surface area contributed by atoms with Gasteiger partial charge in [-0.05, 0) is 19.9 Å². The molecule has 0 bridgehead atoms. The van der Waals surface area contributed by atoms with Crippen molar-refractivity contribution in [2.24, 2.45) is 0 Å². The number of aryl methyl sites for hydroxylation is 2. The molecule has 3 aromatic heterocycles. The number of hydrogen-bond acceptors (Lipinski definition) is 5. The predicted octanol–water partition coefficient (Wildman–Crippen LogP) is 0.736. The zero-order valence-corrected chi connectivity index (χ0v) is 12.0. The topological polar surface area (TPSA) is 92.1 Å². The van der Waals surface area contributed by atoms with Gasteiger partial charge in [0.2, 0.25) is 0 Å². The number of fused-ring (bicyclic) bond motifs is 1. The van der Waals surface area contributed by atoms with Crippen molar-refractivity contribution >= 4 is 11.6 Å². The molecular weight excluding hydrogens is 270 g/mol. The Labute approximate surface area is 120 Å². The van der Waals surface area contributed by atoms with E-state index in [1.54, 1.807) is 22.7 Å². The minimum atomic E-state index is -0.154. The number of carbonyl (C=O) groups excluding carboxylic acids is 1. The molecule has 108 valence electrons. The number of rotatable bonds is 3. The highest BCUT2D eigenvalue weighted by Gasteiger charge is 2.19. The smallest absolute Gasteiger partial charge is 0.259 e. The molecule has 0 spiro atoms. The monoisotopic (exact) mass is 285 g/mol. The lowest BCUT2D eigenvalue weighted by Gasteiger charge is -2.14. The zero-order chi connectivity index (χ0) is 15.0. The third-order valence-electron chi connectivity index (χ3n) is 3.21. The van der Waals surface area contributed by atoms with Crippen LogP contribution in [-0.4, -0.2) is 47.6 Å². The Morgan fingerprint density at radius 3 is 2.95 bits per heavy atom. The molecule has 8 heteroatoms. The van der Waals surface area contributed by atoms with Crippen LogP contribution >= 0.6 is 0 Å². The van der Waals surface area contributed by atoms with E-state index in [2.05, 4.69) is 25.3 Å². The third-order valence-corrected chi connectivity index (χ3v) is 3.21.